The molecular formula is C19H23NO3. The minimum absolute atomic E-state index is 0.701. The highest BCUT2D eigenvalue weighted by molar-refractivity contribution is 5.51. The van der Waals surface area contributed by atoms with Crippen LogP contribution in [0.1, 0.15) is 11.1 Å². The van der Waals surface area contributed by atoms with Crippen LogP contribution in [-0.4, -0.2) is 38.8 Å². The maximum absolute atomic E-state index is 5.79. The minimum atomic E-state index is 0.701. The lowest BCUT2D eigenvalue weighted by Gasteiger charge is -2.30. The Morgan fingerprint density at radius 3 is 2.57 bits per heavy atom. The molecule has 23 heavy (non-hydrogen) atoms. The van der Waals surface area contributed by atoms with E-state index in [4.69, 9.17) is 14.2 Å². The molecule has 0 spiro atoms. The van der Waals surface area contributed by atoms with Crippen molar-refractivity contribution in [3.05, 3.63) is 53.6 Å². The molecule has 122 valence electrons. The molecule has 0 fully saturated rings. The van der Waals surface area contributed by atoms with Gasteiger partial charge in [-0.05, 0) is 30.2 Å². The fourth-order valence-corrected chi connectivity index (χ4v) is 3.04. The summed E-state index contributed by atoms with van der Waals surface area (Å²) in [5.41, 5.74) is 2.58. The van der Waals surface area contributed by atoms with Crippen molar-refractivity contribution in [3.63, 3.8) is 0 Å². The second-order valence-electron chi connectivity index (χ2n) is 5.63. The first-order chi connectivity index (χ1) is 11.3. The molecule has 0 saturated heterocycles. The van der Waals surface area contributed by atoms with Crippen LogP contribution in [0.25, 0.3) is 0 Å². The van der Waals surface area contributed by atoms with Crippen molar-refractivity contribution in [2.24, 2.45) is 0 Å². The summed E-state index contributed by atoms with van der Waals surface area (Å²) in [5.74, 6) is 2.62. The largest absolute Gasteiger partial charge is 0.493 e. The van der Waals surface area contributed by atoms with E-state index in [0.29, 0.717) is 6.61 Å². The molecule has 1 heterocycles. The Balaban J connectivity index is 1.60. The van der Waals surface area contributed by atoms with E-state index < -0.39 is 0 Å². The van der Waals surface area contributed by atoms with Gasteiger partial charge in [-0.2, -0.15) is 0 Å². The summed E-state index contributed by atoms with van der Waals surface area (Å²) >= 11 is 0. The van der Waals surface area contributed by atoms with Gasteiger partial charge in [0.2, 0.25) is 0 Å². The lowest BCUT2D eigenvalue weighted by molar-refractivity contribution is 0.195. The zero-order valence-electron chi connectivity index (χ0n) is 13.7. The first kappa shape index (κ1) is 15.7. The third kappa shape index (κ3) is 3.59. The van der Waals surface area contributed by atoms with Crippen molar-refractivity contribution in [1.29, 1.82) is 0 Å². The maximum atomic E-state index is 5.79. The molecule has 4 nitrogen and oxygen atoms in total. The van der Waals surface area contributed by atoms with Crippen LogP contribution in [0.2, 0.25) is 0 Å². The number of nitrogens with zero attached hydrogens (tertiary/aromatic N) is 1. The average molecular weight is 313 g/mol. The smallest absolute Gasteiger partial charge is 0.164 e. The van der Waals surface area contributed by atoms with Crippen LogP contribution in [0.5, 0.6) is 17.2 Å². The first-order valence-electron chi connectivity index (χ1n) is 7.94. The zero-order valence-corrected chi connectivity index (χ0v) is 13.7. The van der Waals surface area contributed by atoms with Crippen molar-refractivity contribution in [2.75, 3.05) is 33.9 Å². The minimum Gasteiger partial charge on any atom is -0.493 e. The monoisotopic (exact) mass is 313 g/mol. The van der Waals surface area contributed by atoms with Gasteiger partial charge in [0.05, 0.1) is 14.2 Å². The summed E-state index contributed by atoms with van der Waals surface area (Å²) in [6.07, 6.45) is 0.973. The predicted molar refractivity (Wildman–Crippen MR) is 90.5 cm³/mol. The van der Waals surface area contributed by atoms with Crippen molar-refractivity contribution >= 4 is 0 Å². The Morgan fingerprint density at radius 2 is 1.83 bits per heavy atom. The summed E-state index contributed by atoms with van der Waals surface area (Å²) in [7, 11) is 3.39. The fourth-order valence-electron chi connectivity index (χ4n) is 3.04. The van der Waals surface area contributed by atoms with Gasteiger partial charge in [0.25, 0.3) is 0 Å². The van der Waals surface area contributed by atoms with Gasteiger partial charge in [0.15, 0.2) is 11.5 Å². The lowest BCUT2D eigenvalue weighted by Crippen LogP contribution is -2.34. The Bertz CT molecular complexity index is 643. The van der Waals surface area contributed by atoms with Gasteiger partial charge in [0.1, 0.15) is 12.4 Å². The second-order valence-corrected chi connectivity index (χ2v) is 5.63. The number of hydrogen-bond donors (Lipinski definition) is 0. The Labute approximate surface area is 137 Å². The SMILES string of the molecule is COc1ccc2c(c1OC)CCN(CCOc1ccccc1)C2. The summed E-state index contributed by atoms with van der Waals surface area (Å²) < 4.78 is 16.7. The van der Waals surface area contributed by atoms with E-state index >= 15 is 0 Å². The van der Waals surface area contributed by atoms with Gasteiger partial charge < -0.3 is 14.2 Å². The molecule has 0 amide bonds. The molecule has 0 saturated carbocycles. The van der Waals surface area contributed by atoms with E-state index in [9.17, 15) is 0 Å². The number of ether oxygens (including phenoxy) is 3. The number of methoxy groups -OCH3 is 2. The van der Waals surface area contributed by atoms with Crippen molar-refractivity contribution in [2.45, 2.75) is 13.0 Å². The van der Waals surface area contributed by atoms with Crippen molar-refractivity contribution in [3.8, 4) is 17.2 Å². The number of rotatable bonds is 6. The molecule has 0 aromatic heterocycles. The highest BCUT2D eigenvalue weighted by atomic mass is 16.5. The van der Waals surface area contributed by atoms with Crippen LogP contribution in [0.15, 0.2) is 42.5 Å². The molecule has 1 aliphatic rings. The predicted octanol–water partition coefficient (Wildman–Crippen LogP) is 3.14. The third-order valence-electron chi connectivity index (χ3n) is 4.24. The molecule has 4 heteroatoms. The van der Waals surface area contributed by atoms with Crippen LogP contribution < -0.4 is 14.2 Å². The van der Waals surface area contributed by atoms with E-state index in [2.05, 4.69) is 11.0 Å². The quantitative estimate of drug-likeness (QED) is 0.820. The zero-order chi connectivity index (χ0) is 16.1. The van der Waals surface area contributed by atoms with Gasteiger partial charge in [0, 0.05) is 25.2 Å². The number of para-hydroxylation sites is 1. The van der Waals surface area contributed by atoms with Gasteiger partial charge in [-0.3, -0.25) is 4.90 Å². The Kier molecular flexibility index (Phi) is 5.03. The molecule has 2 aromatic rings. The molecule has 2 aromatic carbocycles. The van der Waals surface area contributed by atoms with Gasteiger partial charge in [-0.15, -0.1) is 0 Å². The topological polar surface area (TPSA) is 30.9 Å². The highest BCUT2D eigenvalue weighted by Crippen LogP contribution is 2.36. The molecular weight excluding hydrogens is 290 g/mol. The normalized spacial score (nSPS) is 14.2. The first-order valence-corrected chi connectivity index (χ1v) is 7.94. The van der Waals surface area contributed by atoms with E-state index in [1.807, 2.05) is 36.4 Å². The lowest BCUT2D eigenvalue weighted by atomic mass is 9.98. The molecule has 0 radical (unpaired) electrons. The molecule has 3 rings (SSSR count). The van der Waals surface area contributed by atoms with Crippen LogP contribution in [0, 0.1) is 0 Å². The maximum Gasteiger partial charge on any atom is 0.164 e. The molecule has 0 bridgehead atoms. The Hall–Kier alpha value is -2.20. The van der Waals surface area contributed by atoms with Crippen LogP contribution in [0.4, 0.5) is 0 Å². The standard InChI is InChI=1S/C19H23NO3/c1-21-18-9-8-15-14-20(11-10-17(15)19(18)22-2)12-13-23-16-6-4-3-5-7-16/h3-9H,10-14H2,1-2H3. The van der Waals surface area contributed by atoms with Gasteiger partial charge in [-0.1, -0.05) is 24.3 Å². The Morgan fingerprint density at radius 1 is 1.00 bits per heavy atom. The second kappa shape index (κ2) is 7.38. The summed E-state index contributed by atoms with van der Waals surface area (Å²) in [6.45, 7) is 3.55. The van der Waals surface area contributed by atoms with E-state index in [0.717, 1.165) is 43.3 Å². The van der Waals surface area contributed by atoms with Gasteiger partial charge >= 0.3 is 0 Å². The summed E-state index contributed by atoms with van der Waals surface area (Å²) in [6, 6.07) is 14.1. The molecule has 1 aliphatic heterocycles. The van der Waals surface area contributed by atoms with Crippen molar-refractivity contribution < 1.29 is 14.2 Å². The number of benzene rings is 2. The molecule has 0 N–H and O–H groups in total. The third-order valence-corrected chi connectivity index (χ3v) is 4.24. The van der Waals surface area contributed by atoms with E-state index in [-0.39, 0.29) is 0 Å². The molecule has 0 unspecified atom stereocenters. The summed E-state index contributed by atoms with van der Waals surface area (Å²) in [4.78, 5) is 2.41. The molecule has 0 aliphatic carbocycles. The average Bonchev–Trinajstić information content (AvgIpc) is 2.61. The fraction of sp³-hybridized carbons (Fsp3) is 0.368. The van der Waals surface area contributed by atoms with E-state index in [1.165, 1.54) is 11.1 Å². The van der Waals surface area contributed by atoms with Crippen molar-refractivity contribution in [1.82, 2.24) is 4.90 Å². The molecule has 0 atom stereocenters. The number of fused-ring (bicyclic) bond motifs is 1. The van der Waals surface area contributed by atoms with Crippen LogP contribution >= 0.6 is 0 Å². The number of hydrogen-bond acceptors (Lipinski definition) is 4. The summed E-state index contributed by atoms with van der Waals surface area (Å²) in [5, 5.41) is 0. The highest BCUT2D eigenvalue weighted by Gasteiger charge is 2.21. The van der Waals surface area contributed by atoms with E-state index in [1.54, 1.807) is 14.2 Å². The van der Waals surface area contributed by atoms with Crippen LogP contribution in [0.3, 0.4) is 0 Å². The van der Waals surface area contributed by atoms with Crippen LogP contribution in [-0.2, 0) is 13.0 Å². The van der Waals surface area contributed by atoms with Gasteiger partial charge in [-0.25, -0.2) is 0 Å².